The van der Waals surface area contributed by atoms with Gasteiger partial charge in [0, 0.05) is 55.8 Å². The summed E-state index contributed by atoms with van der Waals surface area (Å²) >= 11 is 6.78. The number of halogens is 1. The lowest BCUT2D eigenvalue weighted by atomic mass is 9.89. The van der Waals surface area contributed by atoms with Gasteiger partial charge in [-0.1, -0.05) is 78.3 Å². The first-order valence-electron chi connectivity index (χ1n) is 19.7. The highest BCUT2D eigenvalue weighted by Crippen LogP contribution is 2.37. The van der Waals surface area contributed by atoms with Gasteiger partial charge in [0.15, 0.2) is 0 Å². The van der Waals surface area contributed by atoms with Crippen molar-refractivity contribution in [2.45, 2.75) is 65.2 Å². The number of aliphatic hydroxyl groups excluding tert-OH is 2. The summed E-state index contributed by atoms with van der Waals surface area (Å²) in [5.41, 5.74) is 10.2. The van der Waals surface area contributed by atoms with Gasteiger partial charge in [-0.2, -0.15) is 5.26 Å². The average molecular weight is 843 g/mol. The zero-order valence-corrected chi connectivity index (χ0v) is 34.6. The second-order valence-electron chi connectivity index (χ2n) is 14.8. The minimum atomic E-state index is -1.10. The summed E-state index contributed by atoms with van der Waals surface area (Å²) in [5.74, 6) is -1.29. The van der Waals surface area contributed by atoms with Crippen LogP contribution in [0.25, 0.3) is 33.0 Å². The number of nitriles is 1. The van der Waals surface area contributed by atoms with Crippen molar-refractivity contribution >= 4 is 34.3 Å². The van der Waals surface area contributed by atoms with Crippen LogP contribution in [0, 0.1) is 25.2 Å². The van der Waals surface area contributed by atoms with Crippen molar-refractivity contribution in [3.8, 4) is 39.8 Å². The quantitative estimate of drug-likeness (QED) is 0.0439. The molecule has 0 radical (unpaired) electrons. The molecule has 1 aromatic heterocycles. The standard InChI is InChI=1S/C48H47ClN4O8/c1-29-36(28-61-46-19-45(60-27-32-14-31(20-50)21-51-22-32)37(16-44(46)49)24-53-26-39(55)18-48(58)59)8-4-10-41(29)42-11-5-9-40(30(42)2)34-12-13-43-33(15-34)6-3-7-35(43)23-52-25-38(54)17-47(56)57/h3-16,19,21-22,38-39,52-55H,17-18,23-28H2,1-2H3,(H,56,57)(H,58,59)/t38-,39-/m0/s1. The molecule has 5 aromatic carbocycles. The second kappa shape index (κ2) is 20.8. The Hall–Kier alpha value is -6.33. The molecule has 6 rings (SSSR count). The van der Waals surface area contributed by atoms with Crippen molar-refractivity contribution in [3.63, 3.8) is 0 Å². The Morgan fingerprint density at radius 2 is 1.34 bits per heavy atom. The predicted molar refractivity (Wildman–Crippen MR) is 233 cm³/mol. The molecule has 314 valence electrons. The Balaban J connectivity index is 1.20. The molecular weight excluding hydrogens is 796 g/mol. The Bertz CT molecular complexity index is 2580. The van der Waals surface area contributed by atoms with Gasteiger partial charge >= 0.3 is 11.9 Å². The molecule has 6 N–H and O–H groups in total. The number of hydrogen-bond donors (Lipinski definition) is 6. The minimum absolute atomic E-state index is 0.0434. The van der Waals surface area contributed by atoms with Crippen molar-refractivity contribution in [1.29, 1.82) is 5.26 Å². The maximum Gasteiger partial charge on any atom is 0.306 e. The summed E-state index contributed by atoms with van der Waals surface area (Å²) in [5, 5.41) is 56.0. The first-order chi connectivity index (χ1) is 29.4. The van der Waals surface area contributed by atoms with Crippen molar-refractivity contribution < 1.29 is 39.5 Å². The van der Waals surface area contributed by atoms with Gasteiger partial charge < -0.3 is 40.5 Å². The first-order valence-corrected chi connectivity index (χ1v) is 20.1. The number of ether oxygens (including phenoxy) is 2. The molecule has 0 spiro atoms. The molecule has 0 bridgehead atoms. The molecule has 6 aromatic rings. The highest BCUT2D eigenvalue weighted by Gasteiger charge is 2.17. The van der Waals surface area contributed by atoms with Gasteiger partial charge in [0.05, 0.1) is 35.6 Å². The Labute approximate surface area is 359 Å². The highest BCUT2D eigenvalue weighted by atomic mass is 35.5. The number of carbonyl (C=O) groups is 2. The third-order valence-electron chi connectivity index (χ3n) is 10.4. The fourth-order valence-electron chi connectivity index (χ4n) is 7.24. The number of carboxylic acids is 2. The van der Waals surface area contributed by atoms with E-state index in [9.17, 15) is 25.1 Å². The molecule has 0 fully saturated rings. The van der Waals surface area contributed by atoms with E-state index in [0.29, 0.717) is 39.8 Å². The Kier molecular flexibility index (Phi) is 15.1. The Morgan fingerprint density at radius 1 is 0.721 bits per heavy atom. The van der Waals surface area contributed by atoms with Crippen LogP contribution in [0.4, 0.5) is 0 Å². The fraction of sp³-hybridized carbons (Fsp3) is 0.250. The van der Waals surface area contributed by atoms with Crippen molar-refractivity contribution in [1.82, 2.24) is 15.6 Å². The van der Waals surface area contributed by atoms with Crippen LogP contribution in [0.3, 0.4) is 0 Å². The van der Waals surface area contributed by atoms with E-state index >= 15 is 0 Å². The summed E-state index contributed by atoms with van der Waals surface area (Å²) in [6.07, 6.45) is 0.348. The largest absolute Gasteiger partial charge is 0.488 e. The SMILES string of the molecule is Cc1c(COc2cc(OCc3cncc(C#N)c3)c(CNC[C@@H](O)CC(=O)O)cc2Cl)cccc1-c1cccc(-c2ccc3c(CNC[C@@H](O)CC(=O)O)cccc3c2)c1C. The number of aromatic nitrogens is 1. The Morgan fingerprint density at radius 3 is 2.05 bits per heavy atom. The number of hydrogen-bond acceptors (Lipinski definition) is 10. The average Bonchev–Trinajstić information content (AvgIpc) is 3.23. The molecule has 0 aliphatic rings. The summed E-state index contributed by atoms with van der Waals surface area (Å²) in [6.45, 7) is 5.46. The highest BCUT2D eigenvalue weighted by molar-refractivity contribution is 6.32. The molecule has 0 unspecified atom stereocenters. The van der Waals surface area contributed by atoms with E-state index in [1.54, 1.807) is 24.4 Å². The van der Waals surface area contributed by atoms with Crippen LogP contribution < -0.4 is 20.1 Å². The smallest absolute Gasteiger partial charge is 0.306 e. The number of carboxylic acid groups (broad SMARTS) is 2. The number of nitrogens with zero attached hydrogens (tertiary/aromatic N) is 2. The topological polar surface area (TPSA) is 194 Å². The molecule has 0 aliphatic heterocycles. The molecule has 1 heterocycles. The van der Waals surface area contributed by atoms with E-state index in [0.717, 1.165) is 55.3 Å². The maximum absolute atomic E-state index is 11.0. The molecule has 0 amide bonds. The lowest BCUT2D eigenvalue weighted by Gasteiger charge is -2.19. The molecule has 12 nitrogen and oxygen atoms in total. The number of pyridine rings is 1. The summed E-state index contributed by atoms with van der Waals surface area (Å²) < 4.78 is 12.6. The predicted octanol–water partition coefficient (Wildman–Crippen LogP) is 7.72. The number of aliphatic hydroxyl groups is 2. The monoisotopic (exact) mass is 842 g/mol. The van der Waals surface area contributed by atoms with Crippen LogP contribution in [-0.4, -0.2) is 62.6 Å². The van der Waals surface area contributed by atoms with E-state index in [2.05, 4.69) is 84.1 Å². The molecule has 0 saturated carbocycles. The zero-order valence-electron chi connectivity index (χ0n) is 33.8. The molecular formula is C48H47ClN4O8. The van der Waals surface area contributed by atoms with E-state index in [1.807, 2.05) is 24.3 Å². The van der Waals surface area contributed by atoms with Gasteiger partial charge in [-0.05, 0) is 87.3 Å². The third kappa shape index (κ3) is 11.7. The van der Waals surface area contributed by atoms with Gasteiger partial charge in [-0.25, -0.2) is 0 Å². The van der Waals surface area contributed by atoms with E-state index in [-0.39, 0.29) is 39.3 Å². The van der Waals surface area contributed by atoms with Crippen LogP contribution in [0.5, 0.6) is 11.5 Å². The van der Waals surface area contributed by atoms with Crippen molar-refractivity contribution in [3.05, 3.63) is 147 Å². The van der Waals surface area contributed by atoms with Gasteiger partial charge in [0.25, 0.3) is 0 Å². The van der Waals surface area contributed by atoms with E-state index in [4.69, 9.17) is 31.3 Å². The molecule has 61 heavy (non-hydrogen) atoms. The van der Waals surface area contributed by atoms with Gasteiger partial charge in [0.1, 0.15) is 30.8 Å². The van der Waals surface area contributed by atoms with Crippen LogP contribution in [-0.2, 0) is 35.9 Å². The lowest BCUT2D eigenvalue weighted by molar-refractivity contribution is -0.140. The summed E-state index contributed by atoms with van der Waals surface area (Å²) in [4.78, 5) is 26.1. The first kappa shape index (κ1) is 44.2. The van der Waals surface area contributed by atoms with Crippen LogP contribution in [0.2, 0.25) is 5.02 Å². The van der Waals surface area contributed by atoms with Gasteiger partial charge in [-0.3, -0.25) is 14.6 Å². The molecule has 2 atom stereocenters. The summed E-state index contributed by atoms with van der Waals surface area (Å²) in [7, 11) is 0. The third-order valence-corrected chi connectivity index (χ3v) is 10.7. The minimum Gasteiger partial charge on any atom is -0.488 e. The molecule has 13 heteroatoms. The fourth-order valence-corrected chi connectivity index (χ4v) is 7.48. The number of nitrogens with one attached hydrogen (secondary N) is 2. The lowest BCUT2D eigenvalue weighted by Crippen LogP contribution is -2.28. The second-order valence-corrected chi connectivity index (χ2v) is 15.3. The van der Waals surface area contributed by atoms with Crippen LogP contribution in [0.1, 0.15) is 51.8 Å². The number of benzene rings is 5. The molecule has 0 saturated heterocycles. The number of rotatable bonds is 20. The van der Waals surface area contributed by atoms with Crippen LogP contribution >= 0.6 is 11.6 Å². The maximum atomic E-state index is 11.0. The van der Waals surface area contributed by atoms with Gasteiger partial charge in [0.2, 0.25) is 0 Å². The van der Waals surface area contributed by atoms with Crippen molar-refractivity contribution in [2.24, 2.45) is 0 Å². The van der Waals surface area contributed by atoms with Crippen LogP contribution in [0.15, 0.2) is 103 Å². The van der Waals surface area contributed by atoms with Crippen molar-refractivity contribution in [2.75, 3.05) is 13.1 Å². The summed E-state index contributed by atoms with van der Waals surface area (Å²) in [6, 6.07) is 32.1. The molecule has 0 aliphatic carbocycles. The van der Waals surface area contributed by atoms with Gasteiger partial charge in [-0.15, -0.1) is 0 Å². The normalized spacial score (nSPS) is 12.1. The number of aliphatic carboxylic acids is 2. The number of fused-ring (bicyclic) bond motifs is 1. The van der Waals surface area contributed by atoms with E-state index in [1.165, 1.54) is 6.20 Å². The van der Waals surface area contributed by atoms with E-state index < -0.39 is 30.6 Å². The zero-order chi connectivity index (χ0) is 43.5.